The van der Waals surface area contributed by atoms with E-state index in [0.29, 0.717) is 5.69 Å². The van der Waals surface area contributed by atoms with Gasteiger partial charge in [0.25, 0.3) is 0 Å². The molecule has 0 amide bonds. The van der Waals surface area contributed by atoms with Crippen molar-refractivity contribution in [2.45, 2.75) is 39.0 Å². The van der Waals surface area contributed by atoms with Gasteiger partial charge in [0.1, 0.15) is 0 Å². The summed E-state index contributed by atoms with van der Waals surface area (Å²) in [5, 5.41) is 0. The fourth-order valence-corrected chi connectivity index (χ4v) is 3.03. The van der Waals surface area contributed by atoms with Gasteiger partial charge in [0.05, 0.1) is 16.8 Å². The molecule has 2 nitrogen and oxygen atoms in total. The third-order valence-electron chi connectivity index (χ3n) is 3.67. The van der Waals surface area contributed by atoms with Crippen LogP contribution >= 0.6 is 15.9 Å². The Morgan fingerprint density at radius 1 is 0.955 bits per heavy atom. The van der Waals surface area contributed by atoms with Gasteiger partial charge in [-0.2, -0.15) is 0 Å². The summed E-state index contributed by atoms with van der Waals surface area (Å²) in [4.78, 5) is 0. The van der Waals surface area contributed by atoms with E-state index in [0.717, 1.165) is 34.4 Å². The maximum atomic E-state index is 6.17. The third-order valence-corrected chi connectivity index (χ3v) is 4.26. The van der Waals surface area contributed by atoms with E-state index in [9.17, 15) is 0 Å². The molecule has 2 aromatic rings. The predicted octanol–water partition coefficient (Wildman–Crippen LogP) is 6.05. The van der Waals surface area contributed by atoms with Crippen LogP contribution < -0.4 is 10.5 Å². The van der Waals surface area contributed by atoms with Crippen LogP contribution in [0.15, 0.2) is 46.9 Å². The number of benzene rings is 2. The van der Waals surface area contributed by atoms with E-state index in [1.807, 2.05) is 24.3 Å². The minimum Gasteiger partial charge on any atom is -0.490 e. The summed E-state index contributed by atoms with van der Waals surface area (Å²) in [6.45, 7) is 2.94. The summed E-state index contributed by atoms with van der Waals surface area (Å²) in [6.07, 6.45) is 6.14. The first kappa shape index (κ1) is 16.9. The molecule has 2 rings (SSSR count). The van der Waals surface area contributed by atoms with Crippen LogP contribution in [0.5, 0.6) is 5.75 Å². The van der Waals surface area contributed by atoms with Gasteiger partial charge in [-0.05, 0) is 45.6 Å². The fourth-order valence-electron chi connectivity index (χ4n) is 2.44. The van der Waals surface area contributed by atoms with Crippen LogP contribution in [0, 0.1) is 0 Å². The SMILES string of the molecule is CCCCCCCOc1c(N)cc(-c2ccccc2)cc1Br. The van der Waals surface area contributed by atoms with Crippen molar-refractivity contribution in [2.75, 3.05) is 12.3 Å². The van der Waals surface area contributed by atoms with E-state index >= 15 is 0 Å². The fraction of sp³-hybridized carbons (Fsp3) is 0.368. The van der Waals surface area contributed by atoms with Gasteiger partial charge >= 0.3 is 0 Å². The van der Waals surface area contributed by atoms with Crippen molar-refractivity contribution in [1.29, 1.82) is 0 Å². The second-order valence-electron chi connectivity index (χ2n) is 5.51. The van der Waals surface area contributed by atoms with E-state index in [-0.39, 0.29) is 0 Å². The molecule has 3 heteroatoms. The number of rotatable bonds is 8. The largest absolute Gasteiger partial charge is 0.490 e. The number of halogens is 1. The van der Waals surface area contributed by atoms with E-state index in [4.69, 9.17) is 10.5 Å². The highest BCUT2D eigenvalue weighted by atomic mass is 79.9. The van der Waals surface area contributed by atoms with Crippen molar-refractivity contribution in [3.8, 4) is 16.9 Å². The Morgan fingerprint density at radius 3 is 2.36 bits per heavy atom. The lowest BCUT2D eigenvalue weighted by atomic mass is 10.1. The Bertz CT molecular complexity index is 560. The molecule has 0 fully saturated rings. The number of unbranched alkanes of at least 4 members (excludes halogenated alkanes) is 4. The van der Waals surface area contributed by atoms with Gasteiger partial charge in [-0.1, -0.05) is 62.9 Å². The molecule has 22 heavy (non-hydrogen) atoms. The van der Waals surface area contributed by atoms with Crippen LogP contribution in [-0.4, -0.2) is 6.61 Å². The first-order chi connectivity index (χ1) is 10.7. The highest BCUT2D eigenvalue weighted by molar-refractivity contribution is 9.10. The minimum absolute atomic E-state index is 0.682. The van der Waals surface area contributed by atoms with E-state index < -0.39 is 0 Å². The zero-order valence-corrected chi connectivity index (χ0v) is 14.7. The first-order valence-electron chi connectivity index (χ1n) is 7.99. The maximum absolute atomic E-state index is 6.17. The van der Waals surface area contributed by atoms with Crippen LogP contribution in [0.25, 0.3) is 11.1 Å². The average molecular weight is 362 g/mol. The van der Waals surface area contributed by atoms with Crippen molar-refractivity contribution in [3.63, 3.8) is 0 Å². The van der Waals surface area contributed by atoms with Crippen LogP contribution in [-0.2, 0) is 0 Å². The quantitative estimate of drug-likeness (QED) is 0.458. The predicted molar refractivity (Wildman–Crippen MR) is 98.2 cm³/mol. The number of hydrogen-bond donors (Lipinski definition) is 1. The zero-order chi connectivity index (χ0) is 15.8. The molecule has 0 unspecified atom stereocenters. The highest BCUT2D eigenvalue weighted by Gasteiger charge is 2.09. The molecule has 2 aromatic carbocycles. The molecule has 0 saturated carbocycles. The Hall–Kier alpha value is -1.48. The molecule has 118 valence electrons. The monoisotopic (exact) mass is 361 g/mol. The van der Waals surface area contributed by atoms with Crippen LogP contribution in [0.3, 0.4) is 0 Å². The third kappa shape index (κ3) is 4.77. The van der Waals surface area contributed by atoms with Crippen molar-refractivity contribution in [2.24, 2.45) is 0 Å². The number of nitrogens with two attached hydrogens (primary N) is 1. The Kier molecular flexibility index (Phi) is 6.78. The summed E-state index contributed by atoms with van der Waals surface area (Å²) >= 11 is 3.58. The van der Waals surface area contributed by atoms with Crippen molar-refractivity contribution in [1.82, 2.24) is 0 Å². The van der Waals surface area contributed by atoms with Crippen molar-refractivity contribution in [3.05, 3.63) is 46.9 Å². The summed E-state index contributed by atoms with van der Waals surface area (Å²) in [5.74, 6) is 0.759. The minimum atomic E-state index is 0.682. The van der Waals surface area contributed by atoms with Gasteiger partial charge in [0.15, 0.2) is 5.75 Å². The molecule has 0 saturated heterocycles. The van der Waals surface area contributed by atoms with Crippen LogP contribution in [0.2, 0.25) is 0 Å². The number of anilines is 1. The molecule has 0 aliphatic heterocycles. The molecule has 2 N–H and O–H groups in total. The van der Waals surface area contributed by atoms with E-state index in [2.05, 4.69) is 41.1 Å². The van der Waals surface area contributed by atoms with Gasteiger partial charge in [-0.15, -0.1) is 0 Å². The molecule has 0 atom stereocenters. The molecule has 0 spiro atoms. The standard InChI is InChI=1S/C19H24BrNO/c1-2-3-4-5-9-12-22-19-17(20)13-16(14-18(19)21)15-10-7-6-8-11-15/h6-8,10-11,13-14H,2-5,9,12,21H2,1H3. The average Bonchev–Trinajstić information content (AvgIpc) is 2.53. The van der Waals surface area contributed by atoms with Gasteiger partial charge in [0.2, 0.25) is 0 Å². The molecule has 0 aromatic heterocycles. The summed E-state index contributed by atoms with van der Waals surface area (Å²) in [5.41, 5.74) is 9.10. The highest BCUT2D eigenvalue weighted by Crippen LogP contribution is 2.36. The normalized spacial score (nSPS) is 10.6. The molecular weight excluding hydrogens is 338 g/mol. The topological polar surface area (TPSA) is 35.2 Å². The molecule has 0 heterocycles. The van der Waals surface area contributed by atoms with Gasteiger partial charge in [-0.25, -0.2) is 0 Å². The van der Waals surface area contributed by atoms with Gasteiger partial charge in [-0.3, -0.25) is 0 Å². The van der Waals surface area contributed by atoms with E-state index in [1.54, 1.807) is 0 Å². The van der Waals surface area contributed by atoms with Crippen molar-refractivity contribution < 1.29 is 4.74 Å². The van der Waals surface area contributed by atoms with Crippen LogP contribution in [0.4, 0.5) is 5.69 Å². The lowest BCUT2D eigenvalue weighted by molar-refractivity contribution is 0.304. The Labute approximate surface area is 141 Å². The molecule has 0 radical (unpaired) electrons. The smallest absolute Gasteiger partial charge is 0.156 e. The Morgan fingerprint density at radius 2 is 1.68 bits per heavy atom. The number of ether oxygens (including phenoxy) is 1. The number of hydrogen-bond acceptors (Lipinski definition) is 2. The lowest BCUT2D eigenvalue weighted by Crippen LogP contribution is -2.01. The summed E-state index contributed by atoms with van der Waals surface area (Å²) in [6, 6.07) is 14.3. The van der Waals surface area contributed by atoms with Crippen LogP contribution in [0.1, 0.15) is 39.0 Å². The zero-order valence-electron chi connectivity index (χ0n) is 13.1. The Balaban J connectivity index is 1.98. The second-order valence-corrected chi connectivity index (χ2v) is 6.36. The number of nitrogen functional groups attached to an aromatic ring is 1. The molecular formula is C19H24BrNO. The second kappa shape index (κ2) is 8.84. The summed E-state index contributed by atoms with van der Waals surface area (Å²) in [7, 11) is 0. The van der Waals surface area contributed by atoms with Gasteiger partial charge in [0, 0.05) is 0 Å². The van der Waals surface area contributed by atoms with E-state index in [1.165, 1.54) is 25.7 Å². The van der Waals surface area contributed by atoms with Crippen molar-refractivity contribution >= 4 is 21.6 Å². The lowest BCUT2D eigenvalue weighted by Gasteiger charge is -2.13. The molecule has 0 bridgehead atoms. The maximum Gasteiger partial charge on any atom is 0.156 e. The summed E-state index contributed by atoms with van der Waals surface area (Å²) < 4.78 is 6.78. The molecule has 0 aliphatic rings. The first-order valence-corrected chi connectivity index (χ1v) is 8.79. The van der Waals surface area contributed by atoms with Gasteiger partial charge < -0.3 is 10.5 Å². The molecule has 0 aliphatic carbocycles.